The minimum atomic E-state index is -0.712. The molecule has 0 saturated heterocycles. The fourth-order valence-corrected chi connectivity index (χ4v) is 1.93. The van der Waals surface area contributed by atoms with Crippen molar-refractivity contribution < 1.29 is 9.90 Å². The van der Waals surface area contributed by atoms with Crippen molar-refractivity contribution in [3.63, 3.8) is 0 Å². The zero-order chi connectivity index (χ0) is 16.3. The molecule has 0 radical (unpaired) electrons. The quantitative estimate of drug-likeness (QED) is 0.225. The van der Waals surface area contributed by atoms with Crippen LogP contribution < -0.4 is 0 Å². The normalized spacial score (nSPS) is 11.9. The predicted molar refractivity (Wildman–Crippen MR) is 105 cm³/mol. The fraction of sp³-hybridized carbons (Fsp3) is 0.550. The third-order valence-corrected chi connectivity index (χ3v) is 3.22. The van der Waals surface area contributed by atoms with Crippen molar-refractivity contribution in [3.05, 3.63) is 48.6 Å². The van der Waals surface area contributed by atoms with E-state index in [2.05, 4.69) is 55.5 Å². The molecule has 0 bridgehead atoms. The van der Waals surface area contributed by atoms with E-state index >= 15 is 0 Å². The van der Waals surface area contributed by atoms with Crippen molar-refractivity contribution in [1.82, 2.24) is 0 Å². The van der Waals surface area contributed by atoms with Crippen molar-refractivity contribution in [1.29, 1.82) is 0 Å². The number of unbranched alkanes of at least 4 members (excludes halogenated alkanes) is 4. The van der Waals surface area contributed by atoms with Gasteiger partial charge in [0, 0.05) is 6.42 Å². The topological polar surface area (TPSA) is 37.3 Å². The molecule has 0 aliphatic rings. The molecule has 0 atom stereocenters. The van der Waals surface area contributed by atoms with Gasteiger partial charge in [0.05, 0.1) is 0 Å². The molecule has 0 aromatic rings. The molecule has 0 heterocycles. The van der Waals surface area contributed by atoms with Gasteiger partial charge in [-0.25, -0.2) is 0 Å². The second-order valence-corrected chi connectivity index (χ2v) is 5.37. The van der Waals surface area contributed by atoms with Crippen molar-refractivity contribution in [2.75, 3.05) is 0 Å². The summed E-state index contributed by atoms with van der Waals surface area (Å²) in [5.41, 5.74) is 0. The summed E-state index contributed by atoms with van der Waals surface area (Å²) in [6.07, 6.45) is 27.3. The summed E-state index contributed by atoms with van der Waals surface area (Å²) >= 11 is 0. The van der Waals surface area contributed by atoms with Gasteiger partial charge in [0.15, 0.2) is 0 Å². The van der Waals surface area contributed by atoms with E-state index in [4.69, 9.17) is 5.11 Å². The average molecular weight is 444 g/mol. The summed E-state index contributed by atoms with van der Waals surface area (Å²) in [5, 5.41) is 8.49. The molecule has 0 amide bonds. The van der Waals surface area contributed by atoms with Crippen LogP contribution in [0, 0.1) is 0 Å². The predicted octanol–water partition coefficient (Wildman–Crippen LogP) is 5.30. The van der Waals surface area contributed by atoms with Gasteiger partial charge in [-0.15, -0.1) is 0 Å². The van der Waals surface area contributed by atoms with Crippen LogP contribution in [0.2, 0.25) is 0 Å². The molecule has 0 rings (SSSR count). The number of carboxylic acid groups (broad SMARTS) is 1. The van der Waals surface area contributed by atoms with E-state index in [1.807, 2.05) is 0 Å². The minimum absolute atomic E-state index is 0. The van der Waals surface area contributed by atoms with Crippen LogP contribution in [0.25, 0.3) is 0 Å². The maximum absolute atomic E-state index is 10.3. The van der Waals surface area contributed by atoms with E-state index in [0.717, 1.165) is 32.1 Å². The van der Waals surface area contributed by atoms with E-state index < -0.39 is 5.97 Å². The summed E-state index contributed by atoms with van der Waals surface area (Å²) in [4.78, 5) is 10.3. The van der Waals surface area contributed by atoms with Crippen LogP contribution in [0.5, 0.6) is 0 Å². The molecule has 0 saturated carbocycles. The van der Waals surface area contributed by atoms with Crippen molar-refractivity contribution >= 4 is 54.9 Å². The van der Waals surface area contributed by atoms with Crippen LogP contribution in [-0.2, 0) is 4.79 Å². The number of carboxylic acids is 1. The first kappa shape index (κ1) is 25.2. The molecule has 1 N–H and O–H groups in total. The fourth-order valence-electron chi connectivity index (χ4n) is 1.93. The van der Waals surface area contributed by atoms with Crippen LogP contribution in [0.4, 0.5) is 0 Å². The Kier molecular flexibility index (Phi) is 24.1. The van der Waals surface area contributed by atoms with E-state index in [-0.39, 0.29) is 55.3 Å². The van der Waals surface area contributed by atoms with Gasteiger partial charge >= 0.3 is 54.9 Å². The Morgan fingerprint density at radius 1 is 0.739 bits per heavy atom. The SMILES string of the molecule is CCCCC/C=C\C/C=C\C/C=C\C/C=C\CCCC(=O)O.[BaH2]. The van der Waals surface area contributed by atoms with E-state index in [1.54, 1.807) is 0 Å². The Morgan fingerprint density at radius 2 is 1.17 bits per heavy atom. The average Bonchev–Trinajstić information content (AvgIpc) is 2.50. The van der Waals surface area contributed by atoms with Crippen LogP contribution in [-0.4, -0.2) is 60.0 Å². The Labute approximate surface area is 182 Å². The monoisotopic (exact) mass is 444 g/mol. The molecule has 0 aliphatic carbocycles. The number of hydrogen-bond acceptors (Lipinski definition) is 1. The molecule has 128 valence electrons. The van der Waals surface area contributed by atoms with Gasteiger partial charge in [0.25, 0.3) is 0 Å². The molecule has 23 heavy (non-hydrogen) atoms. The van der Waals surface area contributed by atoms with Crippen LogP contribution >= 0.6 is 0 Å². The van der Waals surface area contributed by atoms with Crippen molar-refractivity contribution in [2.45, 2.75) is 71.1 Å². The number of rotatable bonds is 14. The molecule has 0 aromatic heterocycles. The maximum atomic E-state index is 10.3. The zero-order valence-corrected chi connectivity index (χ0v) is 14.0. The second kappa shape index (κ2) is 22.0. The Hall–Kier alpha value is 0.00143. The molecular formula is C20H34BaO2. The first-order valence-corrected chi connectivity index (χ1v) is 8.59. The first-order chi connectivity index (χ1) is 10.8. The third-order valence-electron chi connectivity index (χ3n) is 3.22. The van der Waals surface area contributed by atoms with Gasteiger partial charge in [-0.3, -0.25) is 4.79 Å². The van der Waals surface area contributed by atoms with Gasteiger partial charge in [-0.2, -0.15) is 0 Å². The van der Waals surface area contributed by atoms with Crippen LogP contribution in [0.3, 0.4) is 0 Å². The Morgan fingerprint density at radius 3 is 1.61 bits per heavy atom. The first-order valence-electron chi connectivity index (χ1n) is 8.59. The zero-order valence-electron chi connectivity index (χ0n) is 14.0. The van der Waals surface area contributed by atoms with Crippen molar-refractivity contribution in [2.24, 2.45) is 0 Å². The van der Waals surface area contributed by atoms with Gasteiger partial charge in [-0.05, 0) is 44.9 Å². The van der Waals surface area contributed by atoms with E-state index in [9.17, 15) is 4.79 Å². The number of aliphatic carboxylic acids is 1. The van der Waals surface area contributed by atoms with E-state index in [0.29, 0.717) is 0 Å². The molecule has 0 aromatic carbocycles. The van der Waals surface area contributed by atoms with Gasteiger partial charge in [-0.1, -0.05) is 68.4 Å². The molecule has 0 fully saturated rings. The summed E-state index contributed by atoms with van der Waals surface area (Å²) < 4.78 is 0. The number of allylic oxidation sites excluding steroid dienone is 8. The van der Waals surface area contributed by atoms with Gasteiger partial charge in [0.2, 0.25) is 0 Å². The summed E-state index contributed by atoms with van der Waals surface area (Å²) in [6.45, 7) is 2.23. The summed E-state index contributed by atoms with van der Waals surface area (Å²) in [7, 11) is 0. The van der Waals surface area contributed by atoms with Gasteiger partial charge < -0.3 is 5.11 Å². The number of hydrogen-bond donors (Lipinski definition) is 1. The van der Waals surface area contributed by atoms with Crippen LogP contribution in [0.1, 0.15) is 71.1 Å². The second-order valence-electron chi connectivity index (χ2n) is 5.37. The molecule has 0 aliphatic heterocycles. The summed E-state index contributed by atoms with van der Waals surface area (Å²) in [5.74, 6) is -0.712. The standard InChI is InChI=1S/C20H32O2.Ba.2H/c1-2-3-4-5-6-7-8-9-10-11-12-13-14-15-16-17-18-19-20(21)22;;;/h6-7,9-10,12-13,15-16H,2-5,8,11,14,17-19H2,1H3,(H,21,22);;;/b7-6-,10-9-,13-12-,16-15-;;;. The molecule has 3 heteroatoms. The molecule has 0 spiro atoms. The third kappa shape index (κ3) is 24.4. The Balaban J connectivity index is 0. The summed E-state index contributed by atoms with van der Waals surface area (Å²) in [6, 6.07) is 0. The Bertz CT molecular complexity index is 368. The molecule has 0 unspecified atom stereocenters. The molecular weight excluding hydrogens is 410 g/mol. The van der Waals surface area contributed by atoms with Crippen molar-refractivity contribution in [3.8, 4) is 0 Å². The van der Waals surface area contributed by atoms with Gasteiger partial charge in [0.1, 0.15) is 0 Å². The van der Waals surface area contributed by atoms with Crippen LogP contribution in [0.15, 0.2) is 48.6 Å². The number of carbonyl (C=O) groups is 1. The van der Waals surface area contributed by atoms with E-state index in [1.165, 1.54) is 25.7 Å². The molecule has 2 nitrogen and oxygen atoms in total.